The SMILES string of the molecule is C#CCON1C(=O)C(c2c(C)cc(C)cc2C)=C(OC(=S)SCC)C1(C)C. The minimum absolute atomic E-state index is 0.00422. The molecule has 0 N–H and O–H groups in total. The van der Waals surface area contributed by atoms with Gasteiger partial charge in [0.15, 0.2) is 0 Å². The summed E-state index contributed by atoms with van der Waals surface area (Å²) in [6.45, 7) is 11.7. The van der Waals surface area contributed by atoms with E-state index in [0.717, 1.165) is 28.0 Å². The number of carbonyl (C=O) groups excluding carboxylic acids is 1. The summed E-state index contributed by atoms with van der Waals surface area (Å²) in [5.41, 5.74) is 3.63. The van der Waals surface area contributed by atoms with Gasteiger partial charge in [-0.1, -0.05) is 42.3 Å². The maximum Gasteiger partial charge on any atom is 0.282 e. The average Bonchev–Trinajstić information content (AvgIpc) is 2.72. The van der Waals surface area contributed by atoms with E-state index < -0.39 is 5.54 Å². The van der Waals surface area contributed by atoms with Crippen molar-refractivity contribution in [1.29, 1.82) is 0 Å². The van der Waals surface area contributed by atoms with Crippen molar-refractivity contribution in [2.75, 3.05) is 12.4 Å². The summed E-state index contributed by atoms with van der Waals surface area (Å²) >= 11 is 6.77. The van der Waals surface area contributed by atoms with Crippen molar-refractivity contribution < 1.29 is 14.4 Å². The van der Waals surface area contributed by atoms with Gasteiger partial charge in [0.25, 0.3) is 5.91 Å². The molecule has 0 aliphatic carbocycles. The van der Waals surface area contributed by atoms with Crippen molar-refractivity contribution in [3.05, 3.63) is 40.1 Å². The molecule has 1 aromatic rings. The molecule has 1 heterocycles. The summed E-state index contributed by atoms with van der Waals surface area (Å²) in [4.78, 5) is 18.9. The molecule has 0 saturated carbocycles. The van der Waals surface area contributed by atoms with Crippen LogP contribution in [0, 0.1) is 33.1 Å². The van der Waals surface area contributed by atoms with Crippen molar-refractivity contribution in [2.45, 2.75) is 47.1 Å². The molecule has 0 atom stereocenters. The number of terminal acetylenes is 1. The number of carbonyl (C=O) groups is 1. The van der Waals surface area contributed by atoms with Crippen LogP contribution in [0.15, 0.2) is 17.9 Å². The number of aryl methyl sites for hydroxylation is 3. The molecule has 144 valence electrons. The molecule has 0 fully saturated rings. The van der Waals surface area contributed by atoms with E-state index >= 15 is 0 Å². The summed E-state index contributed by atoms with van der Waals surface area (Å²) in [7, 11) is 0. The molecule has 6 heteroatoms. The second kappa shape index (κ2) is 8.47. The van der Waals surface area contributed by atoms with Crippen LogP contribution in [-0.2, 0) is 14.4 Å². The first-order valence-electron chi connectivity index (χ1n) is 8.73. The lowest BCUT2D eigenvalue weighted by Crippen LogP contribution is -2.44. The number of rotatable bonds is 5. The molecule has 1 amide bonds. The number of amides is 1. The molecular formula is C21H25NO3S2. The highest BCUT2D eigenvalue weighted by Crippen LogP contribution is 2.43. The Balaban J connectivity index is 2.67. The Bertz CT molecular complexity index is 826. The van der Waals surface area contributed by atoms with Gasteiger partial charge in [0.05, 0.1) is 5.57 Å². The fraction of sp³-hybridized carbons (Fsp3) is 0.429. The predicted molar refractivity (Wildman–Crippen MR) is 115 cm³/mol. The first kappa shape index (κ1) is 21.5. The normalized spacial score (nSPS) is 15.9. The van der Waals surface area contributed by atoms with Crippen LogP contribution >= 0.6 is 24.0 Å². The molecule has 0 saturated heterocycles. The molecule has 2 rings (SSSR count). The third-order valence-corrected chi connectivity index (χ3v) is 5.38. The van der Waals surface area contributed by atoms with E-state index in [0.29, 0.717) is 15.7 Å². The molecule has 1 aliphatic rings. The van der Waals surface area contributed by atoms with Crippen molar-refractivity contribution >= 4 is 39.8 Å². The Hall–Kier alpha value is -1.81. The third-order valence-electron chi connectivity index (χ3n) is 4.34. The molecule has 0 radical (unpaired) electrons. The fourth-order valence-electron chi connectivity index (χ4n) is 3.37. The maximum atomic E-state index is 13.3. The van der Waals surface area contributed by atoms with Crippen molar-refractivity contribution in [3.8, 4) is 12.3 Å². The smallest absolute Gasteiger partial charge is 0.282 e. The van der Waals surface area contributed by atoms with Gasteiger partial charge in [0, 0.05) is 0 Å². The van der Waals surface area contributed by atoms with Crippen LogP contribution in [-0.4, -0.2) is 33.3 Å². The molecule has 27 heavy (non-hydrogen) atoms. The molecule has 1 aliphatic heterocycles. The summed E-state index contributed by atoms with van der Waals surface area (Å²) in [5.74, 6) is 3.41. The molecular weight excluding hydrogens is 378 g/mol. The molecule has 0 aromatic heterocycles. The van der Waals surface area contributed by atoms with Crippen molar-refractivity contribution in [1.82, 2.24) is 5.06 Å². The van der Waals surface area contributed by atoms with Crippen LogP contribution in [0.2, 0.25) is 0 Å². The first-order chi connectivity index (χ1) is 12.6. The highest BCUT2D eigenvalue weighted by molar-refractivity contribution is 8.22. The lowest BCUT2D eigenvalue weighted by atomic mass is 9.91. The Labute approximate surface area is 171 Å². The van der Waals surface area contributed by atoms with Gasteiger partial charge in [-0.25, -0.2) is 5.06 Å². The lowest BCUT2D eigenvalue weighted by Gasteiger charge is -2.31. The largest absolute Gasteiger partial charge is 0.441 e. The van der Waals surface area contributed by atoms with Gasteiger partial charge in [0.1, 0.15) is 17.9 Å². The molecule has 0 spiro atoms. The molecule has 0 bridgehead atoms. The van der Waals surface area contributed by atoms with Crippen molar-refractivity contribution in [3.63, 3.8) is 0 Å². The number of hydrogen-bond acceptors (Lipinski definition) is 5. The number of thioether (sulfide) groups is 1. The first-order valence-corrected chi connectivity index (χ1v) is 10.1. The summed E-state index contributed by atoms with van der Waals surface area (Å²) < 4.78 is 6.42. The number of hydrogen-bond donors (Lipinski definition) is 0. The topological polar surface area (TPSA) is 38.8 Å². The maximum absolute atomic E-state index is 13.3. The zero-order valence-corrected chi connectivity index (χ0v) is 18.3. The van der Waals surface area contributed by atoms with Gasteiger partial charge >= 0.3 is 0 Å². The van der Waals surface area contributed by atoms with Crippen LogP contribution in [0.1, 0.15) is 43.0 Å². The monoisotopic (exact) mass is 403 g/mol. The Morgan fingerprint density at radius 2 is 1.89 bits per heavy atom. The Kier molecular flexibility index (Phi) is 6.74. The molecule has 0 unspecified atom stereocenters. The minimum atomic E-state index is -0.842. The quantitative estimate of drug-likeness (QED) is 0.532. The van der Waals surface area contributed by atoms with Gasteiger partial charge in [-0.05, 0) is 69.3 Å². The van der Waals surface area contributed by atoms with E-state index in [2.05, 4.69) is 18.1 Å². The Morgan fingerprint density at radius 1 is 1.30 bits per heavy atom. The van der Waals surface area contributed by atoms with Gasteiger partial charge in [-0.3, -0.25) is 9.63 Å². The predicted octanol–water partition coefficient (Wildman–Crippen LogP) is 4.56. The number of thiocarbonyl (C=S) groups is 1. The second-order valence-corrected chi connectivity index (χ2v) is 8.77. The number of ether oxygens (including phenoxy) is 1. The van der Waals surface area contributed by atoms with E-state index in [9.17, 15) is 4.79 Å². The van der Waals surface area contributed by atoms with E-state index in [-0.39, 0.29) is 12.5 Å². The van der Waals surface area contributed by atoms with Gasteiger partial charge in [0.2, 0.25) is 4.38 Å². The highest BCUT2D eigenvalue weighted by Gasteiger charge is 2.49. The zero-order valence-electron chi connectivity index (χ0n) is 16.6. The zero-order chi connectivity index (χ0) is 20.4. The van der Waals surface area contributed by atoms with Crippen molar-refractivity contribution in [2.24, 2.45) is 0 Å². The summed E-state index contributed by atoms with van der Waals surface area (Å²) in [5, 5.41) is 1.30. The molecule has 4 nitrogen and oxygen atoms in total. The van der Waals surface area contributed by atoms with Gasteiger partial charge in [-0.2, -0.15) is 0 Å². The van der Waals surface area contributed by atoms with Gasteiger partial charge < -0.3 is 4.74 Å². The van der Waals surface area contributed by atoms with E-state index in [1.165, 1.54) is 16.8 Å². The minimum Gasteiger partial charge on any atom is -0.441 e. The van der Waals surface area contributed by atoms with E-state index in [1.807, 2.05) is 41.5 Å². The summed E-state index contributed by atoms with van der Waals surface area (Å²) in [6, 6.07) is 4.11. The van der Waals surface area contributed by atoms with Gasteiger partial charge in [-0.15, -0.1) is 6.42 Å². The van der Waals surface area contributed by atoms with Crippen LogP contribution in [0.5, 0.6) is 0 Å². The highest BCUT2D eigenvalue weighted by atomic mass is 32.2. The lowest BCUT2D eigenvalue weighted by molar-refractivity contribution is -0.196. The van der Waals surface area contributed by atoms with Crippen LogP contribution in [0.3, 0.4) is 0 Å². The standard InChI is InChI=1S/C21H25NO3S2/c1-8-10-24-22-19(23)17(16-14(4)11-13(3)12-15(16)5)18(21(22,6)7)25-20(26)27-9-2/h1,11-12H,9-10H2,2-7H3. The number of nitrogens with zero attached hydrogens (tertiary/aromatic N) is 1. The van der Waals surface area contributed by atoms with Crippen LogP contribution < -0.4 is 0 Å². The average molecular weight is 404 g/mol. The second-order valence-electron chi connectivity index (χ2n) is 6.90. The van der Waals surface area contributed by atoms with Crippen LogP contribution in [0.4, 0.5) is 0 Å². The Morgan fingerprint density at radius 3 is 2.41 bits per heavy atom. The number of hydroxylamine groups is 2. The van der Waals surface area contributed by atoms with Crippen LogP contribution in [0.25, 0.3) is 5.57 Å². The molecule has 1 aromatic carbocycles. The van der Waals surface area contributed by atoms with E-state index in [1.54, 1.807) is 0 Å². The fourth-order valence-corrected chi connectivity index (χ4v) is 4.19. The van der Waals surface area contributed by atoms with E-state index in [4.69, 9.17) is 28.2 Å². The third kappa shape index (κ3) is 4.21. The summed E-state index contributed by atoms with van der Waals surface area (Å²) in [6.07, 6.45) is 5.32. The number of benzene rings is 1.